The van der Waals surface area contributed by atoms with Crippen molar-refractivity contribution in [1.82, 2.24) is 4.98 Å². The van der Waals surface area contributed by atoms with Crippen LogP contribution in [0.2, 0.25) is 0 Å². The third-order valence-corrected chi connectivity index (χ3v) is 3.37. The van der Waals surface area contributed by atoms with Crippen molar-refractivity contribution in [3.8, 4) is 0 Å². The molecule has 1 aromatic carbocycles. The molecule has 2 rings (SSSR count). The van der Waals surface area contributed by atoms with Crippen molar-refractivity contribution in [2.75, 3.05) is 11.9 Å². The highest BCUT2D eigenvalue weighted by atomic mass is 19.1. The average molecular weight is 386 g/mol. The maximum atomic E-state index is 13.2. The van der Waals surface area contributed by atoms with E-state index in [9.17, 15) is 14.0 Å². The average Bonchev–Trinajstić information content (AvgIpc) is 2.59. The molecule has 28 heavy (non-hydrogen) atoms. The fraction of sp³-hybridized carbons (Fsp3) is 0.286. The molecular formula is C21H23FN2O4. The van der Waals surface area contributed by atoms with E-state index < -0.39 is 23.5 Å². The van der Waals surface area contributed by atoms with Crippen LogP contribution in [-0.2, 0) is 14.3 Å². The summed E-state index contributed by atoms with van der Waals surface area (Å²) in [6, 6.07) is 8.79. The van der Waals surface area contributed by atoms with E-state index >= 15 is 0 Å². The summed E-state index contributed by atoms with van der Waals surface area (Å²) >= 11 is 0. The Labute approximate surface area is 163 Å². The van der Waals surface area contributed by atoms with Crippen LogP contribution in [-0.4, -0.2) is 29.3 Å². The number of carbonyl (C=O) groups excluding carboxylic acids is 2. The molecule has 0 radical (unpaired) electrons. The molecule has 1 aromatic heterocycles. The lowest BCUT2D eigenvalue weighted by atomic mass is 10.0. The zero-order valence-electron chi connectivity index (χ0n) is 16.3. The Bertz CT molecular complexity index is 871. The summed E-state index contributed by atoms with van der Waals surface area (Å²) in [4.78, 5) is 28.3. The van der Waals surface area contributed by atoms with Crippen molar-refractivity contribution >= 4 is 29.5 Å². The van der Waals surface area contributed by atoms with Gasteiger partial charge < -0.3 is 9.47 Å². The van der Waals surface area contributed by atoms with Crippen LogP contribution in [0.25, 0.3) is 11.6 Å². The van der Waals surface area contributed by atoms with Gasteiger partial charge in [-0.2, -0.15) is 0 Å². The number of anilines is 1. The van der Waals surface area contributed by atoms with Gasteiger partial charge in [0.1, 0.15) is 17.2 Å². The number of halogens is 1. The summed E-state index contributed by atoms with van der Waals surface area (Å²) in [5.74, 6) is -0.669. The van der Waals surface area contributed by atoms with Gasteiger partial charge >= 0.3 is 12.1 Å². The molecule has 0 fully saturated rings. The predicted octanol–water partition coefficient (Wildman–Crippen LogP) is 4.67. The lowest BCUT2D eigenvalue weighted by molar-refractivity contribution is -0.136. The van der Waals surface area contributed by atoms with Crippen molar-refractivity contribution in [2.24, 2.45) is 0 Å². The van der Waals surface area contributed by atoms with E-state index in [1.54, 1.807) is 45.9 Å². The van der Waals surface area contributed by atoms with Crippen molar-refractivity contribution in [1.29, 1.82) is 0 Å². The largest absolute Gasteiger partial charge is 0.462 e. The fourth-order valence-corrected chi connectivity index (χ4v) is 2.28. The lowest BCUT2D eigenvalue weighted by Gasteiger charge is -2.19. The number of amides is 1. The Balaban J connectivity index is 2.31. The van der Waals surface area contributed by atoms with E-state index in [1.807, 2.05) is 0 Å². The molecule has 0 bridgehead atoms. The van der Waals surface area contributed by atoms with Crippen molar-refractivity contribution in [2.45, 2.75) is 33.3 Å². The highest BCUT2D eigenvalue weighted by Crippen LogP contribution is 2.21. The molecule has 0 atom stereocenters. The zero-order valence-corrected chi connectivity index (χ0v) is 16.3. The minimum absolute atomic E-state index is 0.208. The van der Waals surface area contributed by atoms with Crippen LogP contribution in [0.1, 0.15) is 38.8 Å². The monoisotopic (exact) mass is 386 g/mol. The Morgan fingerprint density at radius 3 is 2.46 bits per heavy atom. The van der Waals surface area contributed by atoms with Crippen molar-refractivity contribution < 1.29 is 23.5 Å². The van der Waals surface area contributed by atoms with Gasteiger partial charge in [-0.25, -0.2) is 19.0 Å². The molecule has 6 nitrogen and oxygen atoms in total. The topological polar surface area (TPSA) is 77.5 Å². The summed E-state index contributed by atoms with van der Waals surface area (Å²) in [5.41, 5.74) is 0.740. The number of aromatic nitrogens is 1. The minimum atomic E-state index is -0.638. The fourth-order valence-electron chi connectivity index (χ4n) is 2.28. The first kappa shape index (κ1) is 21.1. The molecule has 0 saturated heterocycles. The summed E-state index contributed by atoms with van der Waals surface area (Å²) in [7, 11) is 0. The number of pyridine rings is 1. The van der Waals surface area contributed by atoms with Gasteiger partial charge in [-0.15, -0.1) is 0 Å². The highest BCUT2D eigenvalue weighted by Gasteiger charge is 2.17. The molecule has 0 spiro atoms. The molecule has 0 aliphatic carbocycles. The number of ether oxygens (including phenoxy) is 2. The summed E-state index contributed by atoms with van der Waals surface area (Å²) in [6.07, 6.45) is 2.45. The highest BCUT2D eigenvalue weighted by molar-refractivity contribution is 6.21. The van der Waals surface area contributed by atoms with Gasteiger partial charge in [0, 0.05) is 6.20 Å². The van der Waals surface area contributed by atoms with E-state index in [0.29, 0.717) is 11.1 Å². The van der Waals surface area contributed by atoms with Gasteiger partial charge in [-0.3, -0.25) is 5.32 Å². The number of hydrogen-bond acceptors (Lipinski definition) is 5. The lowest BCUT2D eigenvalue weighted by Crippen LogP contribution is -2.27. The maximum Gasteiger partial charge on any atom is 0.413 e. The molecule has 7 heteroatoms. The smallest absolute Gasteiger partial charge is 0.413 e. The summed E-state index contributed by atoms with van der Waals surface area (Å²) in [6.45, 7) is 7.18. The number of benzene rings is 1. The second kappa shape index (κ2) is 9.12. The van der Waals surface area contributed by atoms with E-state index in [0.717, 1.165) is 0 Å². The molecular weight excluding hydrogens is 363 g/mol. The normalized spacial score (nSPS) is 11.7. The molecule has 1 amide bonds. The second-order valence-corrected chi connectivity index (χ2v) is 6.89. The van der Waals surface area contributed by atoms with Crippen LogP contribution in [0.3, 0.4) is 0 Å². The Hall–Kier alpha value is -3.22. The van der Waals surface area contributed by atoms with Crippen LogP contribution in [0.4, 0.5) is 15.0 Å². The number of hydrogen-bond donors (Lipinski definition) is 1. The molecule has 2 aromatic rings. The minimum Gasteiger partial charge on any atom is -0.462 e. The Morgan fingerprint density at radius 1 is 1.18 bits per heavy atom. The molecule has 1 heterocycles. The van der Waals surface area contributed by atoms with Crippen LogP contribution in [0.5, 0.6) is 0 Å². The van der Waals surface area contributed by atoms with E-state index in [1.165, 1.54) is 30.5 Å². The van der Waals surface area contributed by atoms with Crippen LogP contribution in [0, 0.1) is 5.82 Å². The van der Waals surface area contributed by atoms with Gasteiger partial charge in [0.2, 0.25) is 0 Å². The van der Waals surface area contributed by atoms with Crippen LogP contribution >= 0.6 is 0 Å². The molecule has 148 valence electrons. The van der Waals surface area contributed by atoms with Gasteiger partial charge in [-0.05, 0) is 69.2 Å². The Morgan fingerprint density at radius 2 is 1.86 bits per heavy atom. The first-order valence-corrected chi connectivity index (χ1v) is 8.79. The van der Waals surface area contributed by atoms with Crippen molar-refractivity contribution in [3.05, 3.63) is 59.5 Å². The second-order valence-electron chi connectivity index (χ2n) is 6.89. The van der Waals surface area contributed by atoms with Gasteiger partial charge in [-0.1, -0.05) is 12.1 Å². The molecule has 0 aliphatic rings. The number of esters is 1. The number of carbonyl (C=O) groups is 2. The number of nitrogens with one attached hydrogen (secondary N) is 1. The van der Waals surface area contributed by atoms with E-state index in [-0.39, 0.29) is 18.0 Å². The first-order valence-electron chi connectivity index (χ1n) is 8.79. The van der Waals surface area contributed by atoms with Crippen molar-refractivity contribution in [3.63, 3.8) is 0 Å². The quantitative estimate of drug-likeness (QED) is 0.597. The standard InChI is InChI=1S/C21H23FN2O4/c1-5-27-19(25)17(15-6-8-16(22)9-7-15)12-14-10-11-23-18(13-14)24-20(26)28-21(2,3)4/h6-13H,5H2,1-4H3,(H,23,24,26)/b17-12+. The number of nitrogens with zero attached hydrogens (tertiary/aromatic N) is 1. The Kier molecular flexibility index (Phi) is 6.87. The molecule has 0 unspecified atom stereocenters. The SMILES string of the molecule is CCOC(=O)/C(=C/c1ccnc(NC(=O)OC(C)(C)C)c1)c1ccc(F)cc1. The number of rotatable bonds is 5. The van der Waals surface area contributed by atoms with E-state index in [2.05, 4.69) is 10.3 Å². The molecule has 0 saturated carbocycles. The summed E-state index contributed by atoms with van der Waals surface area (Å²) in [5, 5.41) is 2.55. The third kappa shape index (κ3) is 6.50. The maximum absolute atomic E-state index is 13.2. The zero-order chi connectivity index (χ0) is 20.7. The predicted molar refractivity (Wildman–Crippen MR) is 105 cm³/mol. The summed E-state index contributed by atoms with van der Waals surface area (Å²) < 4.78 is 23.5. The molecule has 0 aliphatic heterocycles. The molecule has 1 N–H and O–H groups in total. The van der Waals surface area contributed by atoms with Crippen LogP contribution < -0.4 is 5.32 Å². The first-order chi connectivity index (χ1) is 13.2. The van der Waals surface area contributed by atoms with E-state index in [4.69, 9.17) is 9.47 Å². The van der Waals surface area contributed by atoms with Crippen LogP contribution in [0.15, 0.2) is 42.6 Å². The van der Waals surface area contributed by atoms with Gasteiger partial charge in [0.15, 0.2) is 0 Å². The van der Waals surface area contributed by atoms with Gasteiger partial charge in [0.05, 0.1) is 12.2 Å². The third-order valence-electron chi connectivity index (χ3n) is 3.37. The van der Waals surface area contributed by atoms with Gasteiger partial charge in [0.25, 0.3) is 0 Å².